The first-order valence-electron chi connectivity index (χ1n) is 4.34. The van der Waals surface area contributed by atoms with Crippen molar-refractivity contribution < 1.29 is 0 Å². The standard InChI is InChI=1S/C9H14N4/c1-5-13-8(9(2,3)4)7(6-10)11-12-13/h5H2,1-4H3. The van der Waals surface area contributed by atoms with Crippen molar-refractivity contribution in [2.24, 2.45) is 0 Å². The first kappa shape index (κ1) is 9.72. The van der Waals surface area contributed by atoms with E-state index >= 15 is 0 Å². The van der Waals surface area contributed by atoms with Crippen LogP contribution in [-0.4, -0.2) is 15.0 Å². The summed E-state index contributed by atoms with van der Waals surface area (Å²) >= 11 is 0. The van der Waals surface area contributed by atoms with Gasteiger partial charge in [0.2, 0.25) is 0 Å². The van der Waals surface area contributed by atoms with E-state index in [1.165, 1.54) is 0 Å². The number of hydrogen-bond donors (Lipinski definition) is 0. The Balaban J connectivity index is 3.31. The number of aryl methyl sites for hydroxylation is 1. The largest absolute Gasteiger partial charge is 0.248 e. The third-order valence-corrected chi connectivity index (χ3v) is 1.85. The van der Waals surface area contributed by atoms with Gasteiger partial charge in [0.1, 0.15) is 6.07 Å². The molecule has 0 aliphatic carbocycles. The minimum atomic E-state index is -0.0788. The van der Waals surface area contributed by atoms with Crippen LogP contribution in [-0.2, 0) is 12.0 Å². The first-order chi connectivity index (χ1) is 6.00. The van der Waals surface area contributed by atoms with Gasteiger partial charge < -0.3 is 0 Å². The molecule has 0 amide bonds. The second-order valence-corrected chi connectivity index (χ2v) is 3.96. The molecule has 1 heterocycles. The highest BCUT2D eigenvalue weighted by atomic mass is 15.4. The zero-order valence-electron chi connectivity index (χ0n) is 8.50. The number of hydrogen-bond acceptors (Lipinski definition) is 3. The molecule has 0 aliphatic rings. The molecule has 0 saturated heterocycles. The fourth-order valence-electron chi connectivity index (χ4n) is 1.35. The summed E-state index contributed by atoms with van der Waals surface area (Å²) in [5.74, 6) is 0. The summed E-state index contributed by atoms with van der Waals surface area (Å²) in [5.41, 5.74) is 1.27. The first-order valence-corrected chi connectivity index (χ1v) is 4.34. The van der Waals surface area contributed by atoms with Crippen LogP contribution in [0.4, 0.5) is 0 Å². The van der Waals surface area contributed by atoms with Gasteiger partial charge in [-0.25, -0.2) is 4.68 Å². The van der Waals surface area contributed by atoms with E-state index < -0.39 is 0 Å². The fraction of sp³-hybridized carbons (Fsp3) is 0.667. The van der Waals surface area contributed by atoms with Crippen molar-refractivity contribution in [2.45, 2.75) is 39.7 Å². The highest BCUT2D eigenvalue weighted by Crippen LogP contribution is 2.23. The van der Waals surface area contributed by atoms with E-state index in [4.69, 9.17) is 5.26 Å². The average molecular weight is 178 g/mol. The van der Waals surface area contributed by atoms with Crippen molar-refractivity contribution in [1.82, 2.24) is 15.0 Å². The predicted molar refractivity (Wildman–Crippen MR) is 49.1 cm³/mol. The summed E-state index contributed by atoms with van der Waals surface area (Å²) in [7, 11) is 0. The van der Waals surface area contributed by atoms with Crippen molar-refractivity contribution >= 4 is 0 Å². The molecule has 0 radical (unpaired) electrons. The Hall–Kier alpha value is -1.37. The Bertz CT molecular complexity index is 337. The monoisotopic (exact) mass is 178 g/mol. The Kier molecular flexibility index (Phi) is 2.37. The molecule has 1 aromatic heterocycles. The van der Waals surface area contributed by atoms with E-state index in [1.54, 1.807) is 4.68 Å². The summed E-state index contributed by atoms with van der Waals surface area (Å²) in [6, 6.07) is 2.06. The molecule has 0 saturated carbocycles. The van der Waals surface area contributed by atoms with E-state index in [1.807, 2.05) is 6.92 Å². The molecule has 1 aromatic rings. The number of nitrogens with zero attached hydrogens (tertiary/aromatic N) is 4. The molecule has 0 aromatic carbocycles. The fourth-order valence-corrected chi connectivity index (χ4v) is 1.35. The summed E-state index contributed by atoms with van der Waals surface area (Å²) < 4.78 is 1.78. The average Bonchev–Trinajstić information content (AvgIpc) is 2.45. The van der Waals surface area contributed by atoms with Gasteiger partial charge in [-0.05, 0) is 6.92 Å². The van der Waals surface area contributed by atoms with E-state index in [0.29, 0.717) is 5.69 Å². The van der Waals surface area contributed by atoms with Crippen LogP contribution in [0.15, 0.2) is 0 Å². The van der Waals surface area contributed by atoms with E-state index in [-0.39, 0.29) is 5.41 Å². The van der Waals surface area contributed by atoms with E-state index in [9.17, 15) is 0 Å². The maximum atomic E-state index is 8.82. The molecular weight excluding hydrogens is 164 g/mol. The molecular formula is C9H14N4. The lowest BCUT2D eigenvalue weighted by Crippen LogP contribution is -2.19. The van der Waals surface area contributed by atoms with Crippen LogP contribution < -0.4 is 0 Å². The smallest absolute Gasteiger partial charge is 0.186 e. The molecule has 0 atom stereocenters. The second kappa shape index (κ2) is 3.17. The third kappa shape index (κ3) is 1.69. The van der Waals surface area contributed by atoms with Gasteiger partial charge in [-0.3, -0.25) is 0 Å². The molecule has 4 nitrogen and oxygen atoms in total. The van der Waals surface area contributed by atoms with Crippen LogP contribution in [0.5, 0.6) is 0 Å². The van der Waals surface area contributed by atoms with Gasteiger partial charge in [0.25, 0.3) is 0 Å². The van der Waals surface area contributed by atoms with Crippen LogP contribution in [0.2, 0.25) is 0 Å². The third-order valence-electron chi connectivity index (χ3n) is 1.85. The molecule has 13 heavy (non-hydrogen) atoms. The van der Waals surface area contributed by atoms with Crippen LogP contribution in [0.3, 0.4) is 0 Å². The van der Waals surface area contributed by atoms with Crippen molar-refractivity contribution in [1.29, 1.82) is 5.26 Å². The molecule has 0 unspecified atom stereocenters. The Morgan fingerprint density at radius 2 is 2.08 bits per heavy atom. The van der Waals surface area contributed by atoms with Gasteiger partial charge >= 0.3 is 0 Å². The number of nitriles is 1. The number of rotatable bonds is 1. The maximum Gasteiger partial charge on any atom is 0.186 e. The quantitative estimate of drug-likeness (QED) is 0.654. The van der Waals surface area contributed by atoms with E-state index in [0.717, 1.165) is 12.2 Å². The number of aromatic nitrogens is 3. The van der Waals surface area contributed by atoms with Gasteiger partial charge in [-0.15, -0.1) is 5.10 Å². The SMILES string of the molecule is CCn1nnc(C#N)c1C(C)(C)C. The van der Waals surface area contributed by atoms with Gasteiger partial charge in [-0.2, -0.15) is 5.26 Å². The van der Waals surface area contributed by atoms with Gasteiger partial charge in [0.05, 0.1) is 5.69 Å². The highest BCUT2D eigenvalue weighted by molar-refractivity contribution is 5.29. The lowest BCUT2D eigenvalue weighted by atomic mass is 9.90. The molecule has 0 aliphatic heterocycles. The van der Waals surface area contributed by atoms with Gasteiger partial charge in [0.15, 0.2) is 5.69 Å². The second-order valence-electron chi connectivity index (χ2n) is 3.96. The highest BCUT2D eigenvalue weighted by Gasteiger charge is 2.24. The van der Waals surface area contributed by atoms with Crippen molar-refractivity contribution in [3.05, 3.63) is 11.4 Å². The minimum Gasteiger partial charge on any atom is -0.248 e. The summed E-state index contributed by atoms with van der Waals surface area (Å²) in [5, 5.41) is 16.6. The molecule has 1 rings (SSSR count). The predicted octanol–water partition coefficient (Wildman–Crippen LogP) is 1.47. The summed E-state index contributed by atoms with van der Waals surface area (Å²) in [6.07, 6.45) is 0. The van der Waals surface area contributed by atoms with Crippen LogP contribution in [0.25, 0.3) is 0 Å². The van der Waals surface area contributed by atoms with E-state index in [2.05, 4.69) is 37.2 Å². The lowest BCUT2D eigenvalue weighted by molar-refractivity contribution is 0.492. The lowest BCUT2D eigenvalue weighted by Gasteiger charge is -2.18. The van der Waals surface area contributed by atoms with Gasteiger partial charge in [-0.1, -0.05) is 26.0 Å². The summed E-state index contributed by atoms with van der Waals surface area (Å²) in [6.45, 7) is 8.91. The Morgan fingerprint density at radius 3 is 2.46 bits per heavy atom. The van der Waals surface area contributed by atoms with Crippen LogP contribution in [0, 0.1) is 11.3 Å². The van der Waals surface area contributed by atoms with Crippen molar-refractivity contribution in [3.63, 3.8) is 0 Å². The normalized spacial score (nSPS) is 11.3. The topological polar surface area (TPSA) is 54.5 Å². The Morgan fingerprint density at radius 1 is 1.46 bits per heavy atom. The van der Waals surface area contributed by atoms with Crippen LogP contribution >= 0.6 is 0 Å². The molecule has 0 fully saturated rings. The molecule has 4 heteroatoms. The zero-order chi connectivity index (χ0) is 10.1. The molecule has 0 N–H and O–H groups in total. The van der Waals surface area contributed by atoms with Gasteiger partial charge in [0, 0.05) is 12.0 Å². The molecule has 70 valence electrons. The molecule has 0 spiro atoms. The van der Waals surface area contributed by atoms with Crippen LogP contribution in [0.1, 0.15) is 39.1 Å². The summed E-state index contributed by atoms with van der Waals surface area (Å²) in [4.78, 5) is 0. The Labute approximate surface area is 78.2 Å². The minimum absolute atomic E-state index is 0.0788. The molecule has 0 bridgehead atoms. The van der Waals surface area contributed by atoms with Crippen molar-refractivity contribution in [2.75, 3.05) is 0 Å². The van der Waals surface area contributed by atoms with Crippen molar-refractivity contribution in [3.8, 4) is 6.07 Å². The maximum absolute atomic E-state index is 8.82. The zero-order valence-corrected chi connectivity index (χ0v) is 8.50.